The normalized spacial score (nSPS) is 13.3. The van der Waals surface area contributed by atoms with Crippen LogP contribution in [0.25, 0.3) is 11.3 Å². The second-order valence-corrected chi connectivity index (χ2v) is 7.36. The fraction of sp³-hybridized carbons (Fsp3) is 0.200. The predicted molar refractivity (Wildman–Crippen MR) is 102 cm³/mol. The molecule has 1 aliphatic rings. The van der Waals surface area contributed by atoms with Crippen LogP contribution in [-0.4, -0.2) is 17.4 Å². The van der Waals surface area contributed by atoms with Gasteiger partial charge in [0.05, 0.1) is 5.69 Å². The number of aryl methyl sites for hydroxylation is 1. The van der Waals surface area contributed by atoms with Crippen LogP contribution in [0.2, 0.25) is 0 Å². The van der Waals surface area contributed by atoms with E-state index < -0.39 is 0 Å². The lowest BCUT2D eigenvalue weighted by atomic mass is 9.98. The zero-order chi connectivity index (χ0) is 17.2. The maximum absolute atomic E-state index is 12.6. The Morgan fingerprint density at radius 1 is 1.16 bits per heavy atom. The minimum atomic E-state index is -0.102. The number of aromatic nitrogens is 1. The van der Waals surface area contributed by atoms with Gasteiger partial charge in [0.15, 0.2) is 5.13 Å². The summed E-state index contributed by atoms with van der Waals surface area (Å²) in [4.78, 5) is 18.3. The van der Waals surface area contributed by atoms with Crippen LogP contribution in [0.3, 0.4) is 0 Å². The third kappa shape index (κ3) is 3.34. The van der Waals surface area contributed by atoms with E-state index in [0.29, 0.717) is 10.7 Å². The molecule has 2 N–H and O–H groups in total. The van der Waals surface area contributed by atoms with Gasteiger partial charge in [0, 0.05) is 22.5 Å². The fourth-order valence-corrected chi connectivity index (χ4v) is 3.93. The highest BCUT2D eigenvalue weighted by atomic mass is 32.1. The molecule has 0 spiro atoms. The number of hydrogen-bond donors (Lipinski definition) is 2. The molecule has 1 aliphatic heterocycles. The number of amides is 1. The summed E-state index contributed by atoms with van der Waals surface area (Å²) in [5.74, 6) is -0.102. The van der Waals surface area contributed by atoms with Crippen LogP contribution < -0.4 is 10.6 Å². The molecule has 3 aromatic rings. The maximum atomic E-state index is 12.6. The molecule has 0 atom stereocenters. The lowest BCUT2D eigenvalue weighted by molar-refractivity contribution is 0.102. The molecule has 0 saturated carbocycles. The highest BCUT2D eigenvalue weighted by Gasteiger charge is 2.15. The highest BCUT2D eigenvalue weighted by Crippen LogP contribution is 2.30. The number of carbonyl (C=O) groups is 1. The third-order valence-electron chi connectivity index (χ3n) is 4.42. The number of hydrogen-bond acceptors (Lipinski definition) is 4. The van der Waals surface area contributed by atoms with E-state index in [1.807, 2.05) is 55.5 Å². The third-order valence-corrected chi connectivity index (χ3v) is 5.31. The lowest BCUT2D eigenvalue weighted by Crippen LogP contribution is -2.24. The Kier molecular flexibility index (Phi) is 4.34. The van der Waals surface area contributed by atoms with Gasteiger partial charge in [-0.2, -0.15) is 0 Å². The van der Waals surface area contributed by atoms with E-state index >= 15 is 0 Å². The summed E-state index contributed by atoms with van der Waals surface area (Å²) < 4.78 is 0. The highest BCUT2D eigenvalue weighted by molar-refractivity contribution is 7.16. The van der Waals surface area contributed by atoms with Gasteiger partial charge < -0.3 is 5.32 Å². The molecule has 2 aromatic carbocycles. The molecular formula is C20H19N3OS. The molecule has 4 nitrogen and oxygen atoms in total. The molecule has 1 aromatic heterocycles. The first-order chi connectivity index (χ1) is 12.2. The smallest absolute Gasteiger partial charge is 0.257 e. The van der Waals surface area contributed by atoms with Crippen LogP contribution in [0, 0.1) is 6.92 Å². The summed E-state index contributed by atoms with van der Waals surface area (Å²) in [5.41, 5.74) is 5.22. The molecular weight excluding hydrogens is 330 g/mol. The molecule has 0 saturated heterocycles. The van der Waals surface area contributed by atoms with Crippen molar-refractivity contribution in [3.05, 3.63) is 70.1 Å². The molecule has 4 rings (SSSR count). The van der Waals surface area contributed by atoms with E-state index in [1.165, 1.54) is 22.5 Å². The second-order valence-electron chi connectivity index (χ2n) is 6.15. The first kappa shape index (κ1) is 16.0. The van der Waals surface area contributed by atoms with Crippen LogP contribution in [0.5, 0.6) is 0 Å². The van der Waals surface area contributed by atoms with Crippen molar-refractivity contribution in [2.45, 2.75) is 19.9 Å². The van der Waals surface area contributed by atoms with E-state index in [0.717, 1.165) is 35.6 Å². The van der Waals surface area contributed by atoms with Gasteiger partial charge in [-0.15, -0.1) is 11.3 Å². The summed E-state index contributed by atoms with van der Waals surface area (Å²) in [7, 11) is 0. The standard InChI is InChI=1S/C20H19N3OS/c1-13-18(14-5-3-2-4-6-14)22-20(25-13)23-19(24)16-7-8-17-12-21-10-9-15(17)11-16/h2-8,11,21H,9-10,12H2,1H3,(H,22,23,24). The number of nitrogens with zero attached hydrogens (tertiary/aromatic N) is 1. The molecule has 2 heterocycles. The summed E-state index contributed by atoms with van der Waals surface area (Å²) in [6.45, 7) is 3.87. The predicted octanol–water partition coefficient (Wildman–Crippen LogP) is 4.02. The van der Waals surface area contributed by atoms with Crippen molar-refractivity contribution in [1.29, 1.82) is 0 Å². The van der Waals surface area contributed by atoms with Crippen LogP contribution in [0.15, 0.2) is 48.5 Å². The zero-order valence-corrected chi connectivity index (χ0v) is 14.8. The topological polar surface area (TPSA) is 54.0 Å². The summed E-state index contributed by atoms with van der Waals surface area (Å²) in [5, 5.41) is 6.93. The minimum absolute atomic E-state index is 0.102. The number of thiazole rings is 1. The molecule has 5 heteroatoms. The average Bonchev–Trinajstić information content (AvgIpc) is 3.02. The Morgan fingerprint density at radius 2 is 2.00 bits per heavy atom. The molecule has 0 bridgehead atoms. The van der Waals surface area contributed by atoms with Gasteiger partial charge in [0.2, 0.25) is 0 Å². The SMILES string of the molecule is Cc1sc(NC(=O)c2ccc3c(c2)CCNC3)nc1-c1ccccc1. The van der Waals surface area contributed by atoms with E-state index in [2.05, 4.69) is 15.6 Å². The van der Waals surface area contributed by atoms with Crippen molar-refractivity contribution in [1.82, 2.24) is 10.3 Å². The number of benzene rings is 2. The molecule has 0 unspecified atom stereocenters. The molecule has 0 fully saturated rings. The van der Waals surface area contributed by atoms with Crippen molar-refractivity contribution < 1.29 is 4.79 Å². The van der Waals surface area contributed by atoms with Crippen LogP contribution in [0.1, 0.15) is 26.4 Å². The summed E-state index contributed by atoms with van der Waals surface area (Å²) in [6.07, 6.45) is 0.963. The maximum Gasteiger partial charge on any atom is 0.257 e. The van der Waals surface area contributed by atoms with Crippen LogP contribution in [-0.2, 0) is 13.0 Å². The first-order valence-corrected chi connectivity index (χ1v) is 9.19. The fourth-order valence-electron chi connectivity index (χ4n) is 3.10. The average molecular weight is 349 g/mol. The van der Waals surface area contributed by atoms with Crippen molar-refractivity contribution >= 4 is 22.4 Å². The Bertz CT molecular complexity index is 918. The lowest BCUT2D eigenvalue weighted by Gasteiger charge is -2.17. The van der Waals surface area contributed by atoms with Gasteiger partial charge in [-0.3, -0.25) is 10.1 Å². The quantitative estimate of drug-likeness (QED) is 0.751. The monoisotopic (exact) mass is 349 g/mol. The van der Waals surface area contributed by atoms with E-state index in [1.54, 1.807) is 0 Å². The van der Waals surface area contributed by atoms with Gasteiger partial charge in [-0.1, -0.05) is 36.4 Å². The largest absolute Gasteiger partial charge is 0.312 e. The van der Waals surface area contributed by atoms with Gasteiger partial charge in [0.25, 0.3) is 5.91 Å². The molecule has 1 amide bonds. The molecule has 25 heavy (non-hydrogen) atoms. The summed E-state index contributed by atoms with van der Waals surface area (Å²) in [6, 6.07) is 16.0. The molecule has 0 radical (unpaired) electrons. The summed E-state index contributed by atoms with van der Waals surface area (Å²) >= 11 is 1.51. The van der Waals surface area contributed by atoms with Crippen molar-refractivity contribution in [2.75, 3.05) is 11.9 Å². The Hall–Kier alpha value is -2.50. The number of nitrogens with one attached hydrogen (secondary N) is 2. The van der Waals surface area contributed by atoms with Crippen molar-refractivity contribution in [3.63, 3.8) is 0 Å². The van der Waals surface area contributed by atoms with Crippen molar-refractivity contribution in [3.8, 4) is 11.3 Å². The van der Waals surface area contributed by atoms with Crippen LogP contribution >= 0.6 is 11.3 Å². The second kappa shape index (κ2) is 6.78. The molecule has 126 valence electrons. The van der Waals surface area contributed by atoms with E-state index in [4.69, 9.17) is 0 Å². The Labute approximate surface area is 150 Å². The Morgan fingerprint density at radius 3 is 2.84 bits per heavy atom. The van der Waals surface area contributed by atoms with Crippen molar-refractivity contribution in [2.24, 2.45) is 0 Å². The van der Waals surface area contributed by atoms with E-state index in [9.17, 15) is 4.79 Å². The number of fused-ring (bicyclic) bond motifs is 1. The van der Waals surface area contributed by atoms with E-state index in [-0.39, 0.29) is 5.91 Å². The number of rotatable bonds is 3. The Balaban J connectivity index is 1.55. The van der Waals surface area contributed by atoms with Gasteiger partial charge >= 0.3 is 0 Å². The van der Waals surface area contributed by atoms with Gasteiger partial charge in [-0.05, 0) is 43.1 Å². The number of anilines is 1. The first-order valence-electron chi connectivity index (χ1n) is 8.37. The zero-order valence-electron chi connectivity index (χ0n) is 14.0. The van der Waals surface area contributed by atoms with Gasteiger partial charge in [-0.25, -0.2) is 4.98 Å². The molecule has 0 aliphatic carbocycles. The van der Waals surface area contributed by atoms with Crippen LogP contribution in [0.4, 0.5) is 5.13 Å². The number of carbonyl (C=O) groups excluding carboxylic acids is 1. The van der Waals surface area contributed by atoms with Gasteiger partial charge in [0.1, 0.15) is 0 Å². The minimum Gasteiger partial charge on any atom is -0.312 e.